The first kappa shape index (κ1) is 52.0. The van der Waals surface area contributed by atoms with Gasteiger partial charge in [0, 0.05) is 11.4 Å². The Kier molecular flexibility index (Phi) is 15.0. The highest BCUT2D eigenvalue weighted by molar-refractivity contribution is 6.11. The maximum Gasteiger partial charge on any atom is 0.429 e. The molecule has 1 amide bonds. The van der Waals surface area contributed by atoms with Crippen molar-refractivity contribution in [2.75, 3.05) is 24.3 Å². The second-order valence-corrected chi connectivity index (χ2v) is 15.3. The molecule has 68 heavy (non-hydrogen) atoms. The zero-order valence-electron chi connectivity index (χ0n) is 35.0. The van der Waals surface area contributed by atoms with Gasteiger partial charge >= 0.3 is 36.6 Å². The second-order valence-electron chi connectivity index (χ2n) is 15.3. The maximum absolute atomic E-state index is 13.8. The van der Waals surface area contributed by atoms with Gasteiger partial charge in [-0.15, -0.1) is 0 Å². The van der Waals surface area contributed by atoms with Crippen molar-refractivity contribution in [2.24, 2.45) is 5.92 Å². The zero-order chi connectivity index (χ0) is 50.6. The molecule has 0 aliphatic rings. The van der Waals surface area contributed by atoms with Crippen molar-refractivity contribution < 1.29 is 96.2 Å². The van der Waals surface area contributed by atoms with Crippen molar-refractivity contribution in [3.05, 3.63) is 131 Å². The lowest BCUT2D eigenvalue weighted by atomic mass is 9.92. The van der Waals surface area contributed by atoms with Gasteiger partial charge in [-0.05, 0) is 120 Å². The number of hydrogen-bond donors (Lipinski definition) is 4. The van der Waals surface area contributed by atoms with Crippen LogP contribution in [0.1, 0.15) is 50.5 Å². The molecule has 0 radical (unpaired) electrons. The molecule has 0 spiro atoms. The number of ether oxygens (including phenoxy) is 4. The Bertz CT molecular complexity index is 2570. The summed E-state index contributed by atoms with van der Waals surface area (Å²) in [5.41, 5.74) is -6.94. The average molecular weight is 977 g/mol. The highest BCUT2D eigenvalue weighted by Crippen LogP contribution is 2.45. The van der Waals surface area contributed by atoms with Gasteiger partial charge in [0.25, 0.3) is 17.1 Å². The van der Waals surface area contributed by atoms with Gasteiger partial charge < -0.3 is 40.2 Å². The van der Waals surface area contributed by atoms with Crippen molar-refractivity contribution in [3.63, 3.8) is 0 Å². The minimum Gasteiger partial charge on any atom is -0.458 e. The van der Waals surface area contributed by atoms with Gasteiger partial charge in [-0.3, -0.25) is 4.79 Å². The number of hydrogen-bond acceptors (Lipinski definition) is 10. The number of nitrogens with two attached hydrogens (primary N) is 1. The number of carbonyl (C=O) groups excluding carboxylic acids is 3. The molecule has 0 saturated heterocycles. The number of esters is 2. The summed E-state index contributed by atoms with van der Waals surface area (Å²) >= 11 is 0. The van der Waals surface area contributed by atoms with Crippen LogP contribution >= 0.6 is 0 Å². The van der Waals surface area contributed by atoms with E-state index in [1.807, 2.05) is 0 Å². The van der Waals surface area contributed by atoms with Gasteiger partial charge in [0.1, 0.15) is 36.2 Å². The molecule has 0 atom stereocenters. The Morgan fingerprint density at radius 1 is 0.529 bits per heavy atom. The van der Waals surface area contributed by atoms with Crippen LogP contribution in [0.25, 0.3) is 11.1 Å². The van der Waals surface area contributed by atoms with Crippen LogP contribution in [-0.4, -0.2) is 77.2 Å². The molecule has 0 aliphatic carbocycles. The van der Waals surface area contributed by atoms with Crippen LogP contribution in [0.15, 0.2) is 109 Å². The van der Waals surface area contributed by atoms with Gasteiger partial charge in [-0.25, -0.2) is 9.59 Å². The third-order valence-corrected chi connectivity index (χ3v) is 9.76. The van der Waals surface area contributed by atoms with Gasteiger partial charge in [0.05, 0.1) is 16.7 Å². The molecular formula is C45H36F12N2O9. The smallest absolute Gasteiger partial charge is 0.429 e. The van der Waals surface area contributed by atoms with Crippen LogP contribution in [0.4, 0.5) is 64.1 Å². The Labute approximate surface area is 377 Å². The van der Waals surface area contributed by atoms with Crippen LogP contribution in [0.2, 0.25) is 0 Å². The Morgan fingerprint density at radius 2 is 0.897 bits per heavy atom. The fourth-order valence-corrected chi connectivity index (χ4v) is 6.00. The van der Waals surface area contributed by atoms with Gasteiger partial charge in [-0.1, -0.05) is 32.0 Å². The summed E-state index contributed by atoms with van der Waals surface area (Å²) < 4.78 is 180. The molecule has 0 saturated carbocycles. The number of rotatable bonds is 15. The number of anilines is 2. The Morgan fingerprint density at radius 3 is 1.31 bits per heavy atom. The third-order valence-electron chi connectivity index (χ3n) is 9.76. The van der Waals surface area contributed by atoms with E-state index >= 15 is 0 Å². The molecule has 5 N–H and O–H groups in total. The predicted molar refractivity (Wildman–Crippen MR) is 217 cm³/mol. The lowest BCUT2D eigenvalue weighted by Crippen LogP contribution is -2.60. The van der Waals surface area contributed by atoms with Gasteiger partial charge in [-0.2, -0.15) is 52.7 Å². The first-order valence-electron chi connectivity index (χ1n) is 19.5. The number of nitrogens with one attached hydrogen (secondary N) is 1. The molecule has 0 heterocycles. The van der Waals surface area contributed by atoms with Crippen LogP contribution < -0.4 is 20.5 Å². The molecule has 0 fully saturated rings. The number of halogens is 12. The average Bonchev–Trinajstić information content (AvgIpc) is 3.24. The first-order valence-corrected chi connectivity index (χ1v) is 19.5. The van der Waals surface area contributed by atoms with Crippen molar-refractivity contribution >= 4 is 29.2 Å². The molecule has 5 rings (SSSR count). The van der Waals surface area contributed by atoms with E-state index < -0.39 is 83.7 Å². The highest BCUT2D eigenvalue weighted by Gasteiger charge is 2.72. The zero-order valence-corrected chi connectivity index (χ0v) is 35.0. The van der Waals surface area contributed by atoms with Crippen molar-refractivity contribution in [3.8, 4) is 34.1 Å². The minimum atomic E-state index is -6.38. The maximum atomic E-state index is 13.8. The summed E-state index contributed by atoms with van der Waals surface area (Å²) in [5, 5.41) is 21.4. The number of amides is 1. The summed E-state index contributed by atoms with van der Waals surface area (Å²) in [7, 11) is 0. The predicted octanol–water partition coefficient (Wildman–Crippen LogP) is 11.0. The van der Waals surface area contributed by atoms with E-state index in [9.17, 15) is 77.3 Å². The SMILES string of the molecule is CC(C)Cc1cc(-c2ccc(C(=O)OCC(O)(C(F)(F)F)C(F)(F)F)c(C(=O)Nc3ccc(Oc4ccc(Oc5ccc(N)cc5)cc4)cc3)c2)ccc1C(=O)OCC(O)(C(F)(F)F)C(F)(F)F. The Hall–Kier alpha value is -7.01. The molecule has 23 heteroatoms. The summed E-state index contributed by atoms with van der Waals surface area (Å²) in [4.78, 5) is 39.9. The van der Waals surface area contributed by atoms with Crippen LogP contribution in [0.5, 0.6) is 23.0 Å². The monoisotopic (exact) mass is 976 g/mol. The number of alkyl halides is 12. The molecule has 0 bridgehead atoms. The number of nitrogen functional groups attached to an aromatic ring is 1. The summed E-state index contributed by atoms with van der Waals surface area (Å²) in [6.07, 6.45) is -25.5. The summed E-state index contributed by atoms with van der Waals surface area (Å²) in [5.74, 6) is -3.60. The standard InChI is InChI=1S/C45H36F12N2O9/c1-24(2)19-27-20-25(3-17-34(27)38(61)65-22-40(63,42(46,47)48)43(49,50)51)26-4-18-35(39(62)66-23-41(64,44(52,53)54)45(55,56)57)36(21-26)37(60)59-29-7-11-31(12-8-29)68-33-15-13-32(14-16-33)67-30-9-5-28(58)6-10-30/h3-18,20-21,24,63-64H,19,22-23,58H2,1-2H3,(H,59,60). The van der Waals surface area contributed by atoms with E-state index in [4.69, 9.17) is 15.2 Å². The van der Waals surface area contributed by atoms with E-state index in [1.54, 1.807) is 62.4 Å². The summed E-state index contributed by atoms with van der Waals surface area (Å²) in [6, 6.07) is 24.4. The van der Waals surface area contributed by atoms with Crippen molar-refractivity contribution in [2.45, 2.75) is 56.2 Å². The van der Waals surface area contributed by atoms with Crippen LogP contribution in [0, 0.1) is 5.92 Å². The van der Waals surface area contributed by atoms with E-state index in [0.717, 1.165) is 30.3 Å². The van der Waals surface area contributed by atoms with Crippen molar-refractivity contribution in [1.82, 2.24) is 0 Å². The molecule has 364 valence electrons. The van der Waals surface area contributed by atoms with E-state index in [2.05, 4.69) is 14.8 Å². The first-order chi connectivity index (χ1) is 31.4. The molecule has 5 aromatic rings. The number of aliphatic hydroxyl groups is 2. The molecule has 0 unspecified atom stereocenters. The molecule has 0 aromatic heterocycles. The Balaban J connectivity index is 1.44. The quantitative estimate of drug-likeness (QED) is 0.0450. The van der Waals surface area contributed by atoms with Crippen LogP contribution in [0.3, 0.4) is 0 Å². The van der Waals surface area contributed by atoms with E-state index in [-0.39, 0.29) is 40.5 Å². The van der Waals surface area contributed by atoms with Gasteiger partial charge in [0.15, 0.2) is 0 Å². The molecular weight excluding hydrogens is 940 g/mol. The largest absolute Gasteiger partial charge is 0.458 e. The van der Waals surface area contributed by atoms with Gasteiger partial charge in [0.2, 0.25) is 0 Å². The topological polar surface area (TPSA) is 167 Å². The minimum absolute atomic E-state index is 0.00728. The number of carbonyl (C=O) groups is 3. The third kappa shape index (κ3) is 11.9. The second kappa shape index (κ2) is 19.7. The lowest BCUT2D eigenvalue weighted by Gasteiger charge is -2.31. The van der Waals surface area contributed by atoms with Crippen LogP contribution in [-0.2, 0) is 15.9 Å². The van der Waals surface area contributed by atoms with E-state index in [1.165, 1.54) is 30.3 Å². The molecule has 5 aromatic carbocycles. The highest BCUT2D eigenvalue weighted by atomic mass is 19.4. The summed E-state index contributed by atoms with van der Waals surface area (Å²) in [6.45, 7) is -2.01. The molecule has 0 aliphatic heterocycles. The lowest BCUT2D eigenvalue weighted by molar-refractivity contribution is -0.375. The van der Waals surface area contributed by atoms with E-state index in [0.29, 0.717) is 22.9 Å². The number of benzene rings is 5. The fourth-order valence-electron chi connectivity index (χ4n) is 6.00. The normalized spacial score (nSPS) is 12.7. The molecule has 11 nitrogen and oxygen atoms in total. The fraction of sp³-hybridized carbons (Fsp3) is 0.267. The van der Waals surface area contributed by atoms with Crippen molar-refractivity contribution in [1.29, 1.82) is 0 Å².